The summed E-state index contributed by atoms with van der Waals surface area (Å²) in [5, 5.41) is 12.2. The van der Waals surface area contributed by atoms with Crippen LogP contribution in [0.4, 0.5) is 5.69 Å². The van der Waals surface area contributed by atoms with Crippen molar-refractivity contribution in [1.82, 2.24) is 0 Å². The van der Waals surface area contributed by atoms with Gasteiger partial charge in [-0.05, 0) is 30.4 Å². The Bertz CT molecular complexity index is 669. The molecule has 1 amide bonds. The molecule has 1 aromatic rings. The normalized spacial score (nSPS) is 27.7. The van der Waals surface area contributed by atoms with Crippen molar-refractivity contribution in [2.45, 2.75) is 6.42 Å². The highest BCUT2D eigenvalue weighted by Crippen LogP contribution is 2.48. The highest BCUT2D eigenvalue weighted by atomic mass is 16.5. The van der Waals surface area contributed by atoms with Crippen molar-refractivity contribution in [3.63, 3.8) is 0 Å². The van der Waals surface area contributed by atoms with Gasteiger partial charge in [-0.1, -0.05) is 12.2 Å². The molecule has 0 heterocycles. The molecule has 4 atom stereocenters. The van der Waals surface area contributed by atoms with E-state index >= 15 is 0 Å². The number of rotatable bonds is 5. The van der Waals surface area contributed by atoms with Crippen LogP contribution in [0.1, 0.15) is 6.42 Å². The van der Waals surface area contributed by atoms with Gasteiger partial charge in [-0.25, -0.2) is 0 Å². The van der Waals surface area contributed by atoms with Gasteiger partial charge in [0.15, 0.2) is 11.5 Å². The predicted octanol–water partition coefficient (Wildman–Crippen LogP) is 2.17. The van der Waals surface area contributed by atoms with Crippen molar-refractivity contribution in [3.8, 4) is 11.5 Å². The van der Waals surface area contributed by atoms with Gasteiger partial charge >= 0.3 is 5.97 Å². The van der Waals surface area contributed by atoms with Crippen LogP contribution in [0.25, 0.3) is 0 Å². The van der Waals surface area contributed by atoms with E-state index in [0.717, 1.165) is 6.42 Å². The summed E-state index contributed by atoms with van der Waals surface area (Å²) in [4.78, 5) is 24.1. The number of carbonyl (C=O) groups excluding carboxylic acids is 1. The van der Waals surface area contributed by atoms with E-state index in [0.29, 0.717) is 17.2 Å². The van der Waals surface area contributed by atoms with E-state index < -0.39 is 17.8 Å². The molecule has 1 aromatic carbocycles. The predicted molar refractivity (Wildman–Crippen MR) is 83.5 cm³/mol. The van der Waals surface area contributed by atoms with Crippen LogP contribution in [0.5, 0.6) is 11.5 Å². The van der Waals surface area contributed by atoms with E-state index in [9.17, 15) is 14.7 Å². The number of carboxylic acids is 1. The number of carbonyl (C=O) groups is 2. The fraction of sp³-hybridized carbons (Fsp3) is 0.412. The van der Waals surface area contributed by atoms with Crippen LogP contribution in [-0.2, 0) is 9.59 Å². The van der Waals surface area contributed by atoms with E-state index in [1.807, 2.05) is 12.2 Å². The van der Waals surface area contributed by atoms with Crippen molar-refractivity contribution in [1.29, 1.82) is 0 Å². The second-order valence-electron chi connectivity index (χ2n) is 5.90. The first-order valence-corrected chi connectivity index (χ1v) is 7.49. The highest BCUT2D eigenvalue weighted by molar-refractivity contribution is 5.96. The number of ether oxygens (including phenoxy) is 2. The van der Waals surface area contributed by atoms with Crippen LogP contribution in [0.15, 0.2) is 30.4 Å². The van der Waals surface area contributed by atoms with E-state index in [1.54, 1.807) is 18.2 Å². The van der Waals surface area contributed by atoms with Gasteiger partial charge in [0.2, 0.25) is 5.91 Å². The summed E-state index contributed by atoms with van der Waals surface area (Å²) in [6.07, 6.45) is 4.62. The SMILES string of the molecule is COc1ccc(NC(=O)C2C3C=CC(C3)C2C(=O)O)cc1OC. The first-order chi connectivity index (χ1) is 11.0. The van der Waals surface area contributed by atoms with Gasteiger partial charge < -0.3 is 19.9 Å². The third-order valence-electron chi connectivity index (χ3n) is 4.70. The molecule has 6 nitrogen and oxygen atoms in total. The number of hydrogen-bond donors (Lipinski definition) is 2. The lowest BCUT2D eigenvalue weighted by Crippen LogP contribution is -2.36. The molecule has 2 N–H and O–H groups in total. The number of amides is 1. The first kappa shape index (κ1) is 15.4. The Balaban J connectivity index is 1.79. The Morgan fingerprint density at radius 1 is 1.09 bits per heavy atom. The largest absolute Gasteiger partial charge is 0.493 e. The maximum atomic E-state index is 12.6. The molecular weight excluding hydrogens is 298 g/mol. The highest BCUT2D eigenvalue weighted by Gasteiger charge is 2.51. The van der Waals surface area contributed by atoms with Gasteiger partial charge in [-0.15, -0.1) is 0 Å². The minimum absolute atomic E-state index is 0.00115. The lowest BCUT2D eigenvalue weighted by Gasteiger charge is -2.24. The molecule has 3 rings (SSSR count). The molecule has 0 spiro atoms. The maximum Gasteiger partial charge on any atom is 0.307 e. The molecular formula is C17H19NO5. The second-order valence-corrected chi connectivity index (χ2v) is 5.90. The summed E-state index contributed by atoms with van der Waals surface area (Å²) in [7, 11) is 3.06. The zero-order valence-corrected chi connectivity index (χ0v) is 13.0. The molecule has 0 saturated heterocycles. The zero-order valence-electron chi connectivity index (χ0n) is 13.0. The van der Waals surface area contributed by atoms with Crippen LogP contribution < -0.4 is 14.8 Å². The molecule has 6 heteroatoms. The summed E-state index contributed by atoms with van der Waals surface area (Å²) in [5.41, 5.74) is 0.559. The standard InChI is InChI=1S/C17H19NO5/c1-22-12-6-5-11(8-13(12)23-2)18-16(19)14-9-3-4-10(7-9)15(14)17(20)21/h3-6,8-10,14-15H,7H2,1-2H3,(H,18,19)(H,20,21). The number of nitrogens with one attached hydrogen (secondary N) is 1. The quantitative estimate of drug-likeness (QED) is 0.813. The first-order valence-electron chi connectivity index (χ1n) is 7.49. The van der Waals surface area contributed by atoms with E-state index in [-0.39, 0.29) is 17.7 Å². The van der Waals surface area contributed by atoms with Crippen LogP contribution in [0.3, 0.4) is 0 Å². The summed E-state index contributed by atoms with van der Waals surface area (Å²) < 4.78 is 10.4. The summed E-state index contributed by atoms with van der Waals surface area (Å²) in [5.74, 6) is -1.32. The molecule has 4 unspecified atom stereocenters. The Labute approximate surface area is 134 Å². The Morgan fingerprint density at radius 2 is 1.74 bits per heavy atom. The lowest BCUT2D eigenvalue weighted by atomic mass is 9.82. The van der Waals surface area contributed by atoms with Gasteiger partial charge in [0.05, 0.1) is 26.1 Å². The minimum Gasteiger partial charge on any atom is -0.493 e. The molecule has 122 valence electrons. The topological polar surface area (TPSA) is 84.9 Å². The molecule has 0 aliphatic heterocycles. The van der Waals surface area contributed by atoms with Crippen LogP contribution in [0.2, 0.25) is 0 Å². The van der Waals surface area contributed by atoms with Crippen LogP contribution >= 0.6 is 0 Å². The van der Waals surface area contributed by atoms with E-state index in [2.05, 4.69) is 5.32 Å². The Kier molecular flexibility index (Phi) is 3.98. The van der Waals surface area contributed by atoms with Crippen molar-refractivity contribution in [3.05, 3.63) is 30.4 Å². The number of methoxy groups -OCH3 is 2. The number of fused-ring (bicyclic) bond motifs is 2. The molecule has 2 aliphatic carbocycles. The number of benzene rings is 1. The maximum absolute atomic E-state index is 12.6. The van der Waals surface area contributed by atoms with Gasteiger partial charge in [0.1, 0.15) is 0 Å². The van der Waals surface area contributed by atoms with Crippen LogP contribution in [0, 0.1) is 23.7 Å². The molecule has 1 saturated carbocycles. The monoisotopic (exact) mass is 317 g/mol. The van der Waals surface area contributed by atoms with Crippen molar-refractivity contribution >= 4 is 17.6 Å². The van der Waals surface area contributed by atoms with Gasteiger partial charge in [0.25, 0.3) is 0 Å². The van der Waals surface area contributed by atoms with Crippen molar-refractivity contribution in [2.24, 2.45) is 23.7 Å². The fourth-order valence-corrected chi connectivity index (χ4v) is 3.66. The number of aliphatic carboxylic acids is 1. The summed E-state index contributed by atoms with van der Waals surface area (Å²) in [6.45, 7) is 0. The number of anilines is 1. The van der Waals surface area contributed by atoms with Crippen molar-refractivity contribution < 1.29 is 24.2 Å². The Morgan fingerprint density at radius 3 is 2.35 bits per heavy atom. The average Bonchev–Trinajstić information content (AvgIpc) is 3.15. The van der Waals surface area contributed by atoms with E-state index in [4.69, 9.17) is 9.47 Å². The molecule has 1 fully saturated rings. The van der Waals surface area contributed by atoms with Crippen molar-refractivity contribution in [2.75, 3.05) is 19.5 Å². The third-order valence-corrected chi connectivity index (χ3v) is 4.70. The van der Waals surface area contributed by atoms with Gasteiger partial charge in [-0.2, -0.15) is 0 Å². The summed E-state index contributed by atoms with van der Waals surface area (Å²) >= 11 is 0. The smallest absolute Gasteiger partial charge is 0.307 e. The van der Waals surface area contributed by atoms with Gasteiger partial charge in [0, 0.05) is 11.8 Å². The Hall–Kier alpha value is -2.50. The van der Waals surface area contributed by atoms with Gasteiger partial charge in [-0.3, -0.25) is 9.59 Å². The third kappa shape index (κ3) is 2.65. The summed E-state index contributed by atoms with van der Waals surface area (Å²) in [6, 6.07) is 5.07. The second kappa shape index (κ2) is 5.95. The molecule has 23 heavy (non-hydrogen) atoms. The lowest BCUT2D eigenvalue weighted by molar-refractivity contribution is -0.146. The minimum atomic E-state index is -0.908. The average molecular weight is 317 g/mol. The van der Waals surface area contributed by atoms with Crippen LogP contribution in [-0.4, -0.2) is 31.2 Å². The molecule has 2 aliphatic rings. The molecule has 2 bridgehead atoms. The number of carboxylic acid groups (broad SMARTS) is 1. The molecule has 0 aromatic heterocycles. The van der Waals surface area contributed by atoms with E-state index in [1.165, 1.54) is 14.2 Å². The number of hydrogen-bond acceptors (Lipinski definition) is 4. The zero-order chi connectivity index (χ0) is 16.6. The fourth-order valence-electron chi connectivity index (χ4n) is 3.66. The molecule has 0 radical (unpaired) electrons. The number of allylic oxidation sites excluding steroid dienone is 2.